The Hall–Kier alpha value is -2.17. The molecule has 0 radical (unpaired) electrons. The fraction of sp³-hybridized carbons (Fsp3) is 0.235. The number of methoxy groups -OCH3 is 1. The van der Waals surface area contributed by atoms with E-state index >= 15 is 0 Å². The molecule has 0 aliphatic heterocycles. The number of aliphatic hydroxyl groups excluding tert-OH is 1. The van der Waals surface area contributed by atoms with Gasteiger partial charge in [-0.2, -0.15) is 0 Å². The summed E-state index contributed by atoms with van der Waals surface area (Å²) in [7, 11) is 1.46. The van der Waals surface area contributed by atoms with Crippen molar-refractivity contribution in [2.45, 2.75) is 5.60 Å². The number of carbonyl (C=O) groups is 1. The number of carboxylic acid groups (broad SMARTS) is 1. The summed E-state index contributed by atoms with van der Waals surface area (Å²) >= 11 is 0. The molecule has 2 rings (SSSR count). The maximum atomic E-state index is 11.6. The number of benzene rings is 2. The van der Waals surface area contributed by atoms with Gasteiger partial charge in [-0.05, 0) is 11.1 Å². The van der Waals surface area contributed by atoms with Gasteiger partial charge in [0.05, 0.1) is 6.61 Å². The number of hydrogen-bond acceptors (Lipinski definition) is 3. The number of aliphatic hydroxyl groups is 1. The molecule has 2 N–H and O–H groups in total. The highest BCUT2D eigenvalue weighted by atomic mass is 16.5. The molecule has 0 bridgehead atoms. The van der Waals surface area contributed by atoms with Gasteiger partial charge in [0.1, 0.15) is 11.5 Å². The third kappa shape index (κ3) is 2.68. The van der Waals surface area contributed by atoms with E-state index in [1.807, 2.05) is 60.7 Å². The number of aliphatic carboxylic acids is 1. The first-order chi connectivity index (χ1) is 10.2. The van der Waals surface area contributed by atoms with E-state index in [0.717, 1.165) is 0 Å². The van der Waals surface area contributed by atoms with E-state index in [2.05, 4.69) is 0 Å². The third-order valence-corrected chi connectivity index (χ3v) is 3.70. The summed E-state index contributed by atoms with van der Waals surface area (Å²) in [5.74, 6) is -2.21. The van der Waals surface area contributed by atoms with Crippen LogP contribution in [0.2, 0.25) is 0 Å². The molecule has 110 valence electrons. The highest BCUT2D eigenvalue weighted by molar-refractivity contribution is 5.73. The van der Waals surface area contributed by atoms with Crippen molar-refractivity contribution < 1.29 is 19.7 Å². The van der Waals surface area contributed by atoms with E-state index in [9.17, 15) is 15.0 Å². The average Bonchev–Trinajstić information content (AvgIpc) is 2.54. The minimum absolute atomic E-state index is 0.521. The lowest BCUT2D eigenvalue weighted by atomic mass is 9.76. The Balaban J connectivity index is 2.71. The molecule has 2 aromatic rings. The maximum absolute atomic E-state index is 11.6. The molecule has 1 atom stereocenters. The standard InChI is InChI=1S/C17H18O4/c1-21-17(15(12-18)16(19)20,13-8-4-2-5-9-13)14-10-6-3-7-11-14/h2-11,15,18H,12H2,1H3,(H,19,20). The van der Waals surface area contributed by atoms with Crippen LogP contribution in [0.25, 0.3) is 0 Å². The van der Waals surface area contributed by atoms with Gasteiger partial charge in [-0.3, -0.25) is 4.79 Å². The number of hydrogen-bond donors (Lipinski definition) is 2. The summed E-state index contributed by atoms with van der Waals surface area (Å²) in [6.45, 7) is -0.521. The lowest BCUT2D eigenvalue weighted by Gasteiger charge is -2.37. The molecule has 0 aliphatic rings. The van der Waals surface area contributed by atoms with Crippen LogP contribution in [0.3, 0.4) is 0 Å². The second kappa shape index (κ2) is 6.52. The van der Waals surface area contributed by atoms with Crippen LogP contribution in [0.15, 0.2) is 60.7 Å². The second-order valence-corrected chi connectivity index (χ2v) is 4.75. The first-order valence-corrected chi connectivity index (χ1v) is 6.66. The van der Waals surface area contributed by atoms with E-state index in [0.29, 0.717) is 11.1 Å². The van der Waals surface area contributed by atoms with Gasteiger partial charge in [0.2, 0.25) is 0 Å². The normalized spacial score (nSPS) is 12.9. The SMILES string of the molecule is COC(c1ccccc1)(c1ccccc1)C(CO)C(=O)O. The Morgan fingerprint density at radius 3 is 1.76 bits per heavy atom. The van der Waals surface area contributed by atoms with Gasteiger partial charge in [-0.1, -0.05) is 60.7 Å². The third-order valence-electron chi connectivity index (χ3n) is 3.70. The minimum Gasteiger partial charge on any atom is -0.481 e. The Labute approximate surface area is 123 Å². The molecule has 0 heterocycles. The van der Waals surface area contributed by atoms with Crippen molar-refractivity contribution in [1.29, 1.82) is 0 Å². The van der Waals surface area contributed by atoms with E-state index in [1.165, 1.54) is 7.11 Å². The minimum atomic E-state index is -1.23. The first kappa shape index (κ1) is 15.2. The van der Waals surface area contributed by atoms with Crippen LogP contribution in [-0.2, 0) is 15.1 Å². The van der Waals surface area contributed by atoms with Crippen molar-refractivity contribution in [2.24, 2.45) is 5.92 Å². The van der Waals surface area contributed by atoms with Crippen molar-refractivity contribution in [3.05, 3.63) is 71.8 Å². The van der Waals surface area contributed by atoms with Crippen LogP contribution in [-0.4, -0.2) is 29.9 Å². The molecule has 0 amide bonds. The van der Waals surface area contributed by atoms with E-state index in [1.54, 1.807) is 0 Å². The van der Waals surface area contributed by atoms with Gasteiger partial charge >= 0.3 is 5.97 Å². The number of rotatable bonds is 6. The van der Waals surface area contributed by atoms with Crippen LogP contribution in [0.1, 0.15) is 11.1 Å². The summed E-state index contributed by atoms with van der Waals surface area (Å²) in [6.07, 6.45) is 0. The predicted octanol–water partition coefficient (Wildman–Crippen LogP) is 2.27. The van der Waals surface area contributed by atoms with Crippen LogP contribution in [0.5, 0.6) is 0 Å². The van der Waals surface area contributed by atoms with Gasteiger partial charge in [0.25, 0.3) is 0 Å². The Kier molecular flexibility index (Phi) is 4.73. The molecule has 4 heteroatoms. The van der Waals surface area contributed by atoms with Gasteiger partial charge in [-0.15, -0.1) is 0 Å². The lowest BCUT2D eigenvalue weighted by molar-refractivity contribution is -0.155. The molecule has 21 heavy (non-hydrogen) atoms. The van der Waals surface area contributed by atoms with Crippen LogP contribution >= 0.6 is 0 Å². The number of carboxylic acids is 1. The molecule has 4 nitrogen and oxygen atoms in total. The molecule has 1 unspecified atom stereocenters. The van der Waals surface area contributed by atoms with Crippen molar-refractivity contribution in [3.63, 3.8) is 0 Å². The zero-order valence-electron chi connectivity index (χ0n) is 11.8. The second-order valence-electron chi connectivity index (χ2n) is 4.75. The smallest absolute Gasteiger partial charge is 0.312 e. The average molecular weight is 286 g/mol. The van der Waals surface area contributed by atoms with Crippen molar-refractivity contribution in [1.82, 2.24) is 0 Å². The monoisotopic (exact) mass is 286 g/mol. The largest absolute Gasteiger partial charge is 0.481 e. The van der Waals surface area contributed by atoms with Crippen LogP contribution in [0.4, 0.5) is 0 Å². The van der Waals surface area contributed by atoms with Gasteiger partial charge in [-0.25, -0.2) is 0 Å². The molecule has 0 saturated carbocycles. The summed E-state index contributed by atoms with van der Waals surface area (Å²) in [5.41, 5.74) is 0.156. The molecule has 0 spiro atoms. The van der Waals surface area contributed by atoms with Crippen molar-refractivity contribution >= 4 is 5.97 Å². The van der Waals surface area contributed by atoms with E-state index in [-0.39, 0.29) is 0 Å². The summed E-state index contributed by atoms with van der Waals surface area (Å²) < 4.78 is 5.68. The van der Waals surface area contributed by atoms with Gasteiger partial charge in [0.15, 0.2) is 0 Å². The van der Waals surface area contributed by atoms with Gasteiger partial charge < -0.3 is 14.9 Å². The molecule has 0 saturated heterocycles. The molecular formula is C17H18O4. The zero-order valence-corrected chi connectivity index (χ0v) is 11.8. The Morgan fingerprint density at radius 2 is 1.48 bits per heavy atom. The van der Waals surface area contributed by atoms with Crippen LogP contribution < -0.4 is 0 Å². The zero-order chi connectivity index (χ0) is 15.3. The highest BCUT2D eigenvalue weighted by Gasteiger charge is 2.46. The molecule has 0 fully saturated rings. The lowest BCUT2D eigenvalue weighted by Crippen LogP contribution is -2.44. The molecule has 2 aromatic carbocycles. The maximum Gasteiger partial charge on any atom is 0.312 e. The van der Waals surface area contributed by atoms with Crippen molar-refractivity contribution in [3.8, 4) is 0 Å². The topological polar surface area (TPSA) is 66.8 Å². The molecule has 0 aromatic heterocycles. The van der Waals surface area contributed by atoms with Crippen molar-refractivity contribution in [2.75, 3.05) is 13.7 Å². The summed E-state index contributed by atoms with van der Waals surface area (Å²) in [4.78, 5) is 11.6. The van der Waals surface area contributed by atoms with E-state index in [4.69, 9.17) is 4.74 Å². The van der Waals surface area contributed by atoms with E-state index < -0.39 is 24.1 Å². The Bertz CT molecular complexity index is 541. The fourth-order valence-corrected chi connectivity index (χ4v) is 2.70. The first-order valence-electron chi connectivity index (χ1n) is 6.66. The quantitative estimate of drug-likeness (QED) is 0.855. The predicted molar refractivity (Wildman–Crippen MR) is 78.9 cm³/mol. The summed E-state index contributed by atoms with van der Waals surface area (Å²) in [6, 6.07) is 18.2. The Morgan fingerprint density at radius 1 is 1.05 bits per heavy atom. The molecule has 0 aliphatic carbocycles. The molecular weight excluding hydrogens is 268 g/mol. The van der Waals surface area contributed by atoms with Gasteiger partial charge in [0, 0.05) is 7.11 Å². The fourth-order valence-electron chi connectivity index (χ4n) is 2.70. The van der Waals surface area contributed by atoms with Crippen LogP contribution in [0, 0.1) is 5.92 Å². The summed E-state index contributed by atoms with van der Waals surface area (Å²) in [5, 5.41) is 19.1. The highest BCUT2D eigenvalue weighted by Crippen LogP contribution is 2.40. The number of ether oxygens (including phenoxy) is 1.